The van der Waals surface area contributed by atoms with Gasteiger partial charge in [-0.3, -0.25) is 4.79 Å². The molecule has 0 saturated heterocycles. The highest BCUT2D eigenvalue weighted by Gasteiger charge is 2.42. The molecular weight excluding hydrogens is 346 g/mol. The van der Waals surface area contributed by atoms with Crippen LogP contribution >= 0.6 is 11.6 Å². The molecule has 3 nitrogen and oxygen atoms in total. The molecule has 2 aromatic carbocycles. The van der Waals surface area contributed by atoms with Crippen molar-refractivity contribution in [2.24, 2.45) is 0 Å². The number of amides is 1. The van der Waals surface area contributed by atoms with E-state index >= 15 is 0 Å². The summed E-state index contributed by atoms with van der Waals surface area (Å²) >= 11 is 6.02. The fourth-order valence-corrected chi connectivity index (χ4v) is 3.70. The molecule has 0 heterocycles. The van der Waals surface area contributed by atoms with Gasteiger partial charge in [-0.1, -0.05) is 43.5 Å². The number of nitrogens with one attached hydrogen (secondary N) is 1. The molecule has 4 heteroatoms. The largest absolute Gasteiger partial charge is 0.491 e. The van der Waals surface area contributed by atoms with Gasteiger partial charge in [0.15, 0.2) is 0 Å². The van der Waals surface area contributed by atoms with Gasteiger partial charge in [-0.15, -0.1) is 0 Å². The lowest BCUT2D eigenvalue weighted by molar-refractivity contribution is -0.121. The minimum atomic E-state index is -0.462. The number of benzene rings is 2. The Balaban J connectivity index is 1.75. The van der Waals surface area contributed by atoms with Gasteiger partial charge in [-0.2, -0.15) is 0 Å². The number of rotatable bonds is 6. The summed E-state index contributed by atoms with van der Waals surface area (Å²) in [6, 6.07) is 15.3. The Kier molecular flexibility index (Phi) is 5.87. The fourth-order valence-electron chi connectivity index (χ4n) is 3.58. The van der Waals surface area contributed by atoms with Crippen molar-refractivity contribution in [3.63, 3.8) is 0 Å². The van der Waals surface area contributed by atoms with E-state index in [-0.39, 0.29) is 12.0 Å². The molecule has 1 aliphatic rings. The third kappa shape index (κ3) is 4.04. The number of carbonyl (C=O) groups is 1. The summed E-state index contributed by atoms with van der Waals surface area (Å²) in [4.78, 5) is 13.2. The molecule has 1 fully saturated rings. The van der Waals surface area contributed by atoms with E-state index in [1.165, 1.54) is 0 Å². The predicted octanol–water partition coefficient (Wildman–Crippen LogP) is 5.97. The molecule has 0 radical (unpaired) electrons. The Morgan fingerprint density at radius 2 is 1.73 bits per heavy atom. The lowest BCUT2D eigenvalue weighted by Gasteiger charge is -2.28. The second-order valence-corrected chi connectivity index (χ2v) is 7.55. The first-order valence-corrected chi connectivity index (χ1v) is 9.75. The molecule has 26 heavy (non-hydrogen) atoms. The van der Waals surface area contributed by atoms with Gasteiger partial charge >= 0.3 is 0 Å². The molecule has 1 atom stereocenters. The van der Waals surface area contributed by atoms with Gasteiger partial charge < -0.3 is 10.1 Å². The van der Waals surface area contributed by atoms with Crippen LogP contribution in [0.4, 0.5) is 5.69 Å². The minimum Gasteiger partial charge on any atom is -0.491 e. The van der Waals surface area contributed by atoms with Crippen LogP contribution in [-0.4, -0.2) is 12.0 Å². The highest BCUT2D eigenvalue weighted by molar-refractivity contribution is 6.30. The van der Waals surface area contributed by atoms with Crippen LogP contribution in [-0.2, 0) is 10.2 Å². The molecule has 1 amide bonds. The quantitative estimate of drug-likeness (QED) is 0.679. The van der Waals surface area contributed by atoms with E-state index in [0.29, 0.717) is 5.02 Å². The van der Waals surface area contributed by atoms with Crippen molar-refractivity contribution in [2.75, 3.05) is 5.32 Å². The zero-order valence-corrected chi connectivity index (χ0v) is 16.2. The van der Waals surface area contributed by atoms with Crippen LogP contribution < -0.4 is 10.1 Å². The first kappa shape index (κ1) is 18.8. The van der Waals surface area contributed by atoms with Crippen LogP contribution in [0.1, 0.15) is 51.5 Å². The molecule has 3 rings (SSSR count). The first-order chi connectivity index (χ1) is 12.5. The Labute approximate surface area is 160 Å². The third-order valence-corrected chi connectivity index (χ3v) is 5.56. The van der Waals surface area contributed by atoms with Gasteiger partial charge in [0.25, 0.3) is 0 Å². The average molecular weight is 372 g/mol. The lowest BCUT2D eigenvalue weighted by Crippen LogP contribution is -2.37. The van der Waals surface area contributed by atoms with Crippen LogP contribution in [0.5, 0.6) is 5.75 Å². The van der Waals surface area contributed by atoms with Crippen molar-refractivity contribution in [2.45, 2.75) is 57.5 Å². The highest BCUT2D eigenvalue weighted by Crippen LogP contribution is 2.42. The Morgan fingerprint density at radius 1 is 1.12 bits per heavy atom. The Hall–Kier alpha value is -2.00. The van der Waals surface area contributed by atoms with Crippen molar-refractivity contribution in [1.82, 2.24) is 0 Å². The fraction of sp³-hybridized carbons (Fsp3) is 0.409. The van der Waals surface area contributed by atoms with Crippen molar-refractivity contribution in [3.05, 3.63) is 59.1 Å². The van der Waals surface area contributed by atoms with E-state index in [4.69, 9.17) is 16.3 Å². The van der Waals surface area contributed by atoms with E-state index in [1.54, 1.807) is 0 Å². The van der Waals surface area contributed by atoms with Gasteiger partial charge in [-0.25, -0.2) is 0 Å². The van der Waals surface area contributed by atoms with Gasteiger partial charge in [0, 0.05) is 10.7 Å². The lowest BCUT2D eigenvalue weighted by atomic mass is 9.78. The molecule has 0 spiro atoms. The van der Waals surface area contributed by atoms with Crippen molar-refractivity contribution >= 4 is 23.2 Å². The van der Waals surface area contributed by atoms with E-state index < -0.39 is 5.41 Å². The SMILES string of the molecule is CC[C@@H](C)Oc1ccc(NC(=O)C2(c3ccc(Cl)cc3)CCCC2)cc1. The van der Waals surface area contributed by atoms with Crippen molar-refractivity contribution in [1.29, 1.82) is 0 Å². The molecule has 1 aliphatic carbocycles. The highest BCUT2D eigenvalue weighted by atomic mass is 35.5. The van der Waals surface area contributed by atoms with E-state index in [9.17, 15) is 4.79 Å². The molecule has 0 aliphatic heterocycles. The molecule has 0 bridgehead atoms. The van der Waals surface area contributed by atoms with Crippen LogP contribution in [0.2, 0.25) is 5.02 Å². The molecular formula is C22H26ClNO2. The topological polar surface area (TPSA) is 38.3 Å². The van der Waals surface area contributed by atoms with Gasteiger partial charge in [0.1, 0.15) is 5.75 Å². The third-order valence-electron chi connectivity index (χ3n) is 5.31. The molecule has 0 aromatic heterocycles. The maximum Gasteiger partial charge on any atom is 0.235 e. The summed E-state index contributed by atoms with van der Waals surface area (Å²) in [6.45, 7) is 4.14. The number of hydrogen-bond acceptors (Lipinski definition) is 2. The monoisotopic (exact) mass is 371 g/mol. The Bertz CT molecular complexity index is 734. The number of halogens is 1. The van der Waals surface area contributed by atoms with Crippen LogP contribution in [0.25, 0.3) is 0 Å². The standard InChI is InChI=1S/C22H26ClNO2/c1-3-16(2)26-20-12-10-19(11-13-20)24-21(25)22(14-4-5-15-22)17-6-8-18(23)9-7-17/h6-13,16H,3-5,14-15H2,1-2H3,(H,24,25)/t16-/m1/s1. The number of hydrogen-bond donors (Lipinski definition) is 1. The van der Waals surface area contributed by atoms with Gasteiger partial charge in [0.05, 0.1) is 11.5 Å². The molecule has 0 unspecified atom stereocenters. The summed E-state index contributed by atoms with van der Waals surface area (Å²) < 4.78 is 5.80. The van der Waals surface area contributed by atoms with Crippen LogP contribution in [0, 0.1) is 0 Å². The predicted molar refractivity (Wildman–Crippen MR) is 107 cm³/mol. The van der Waals surface area contributed by atoms with Gasteiger partial charge in [-0.05, 0) is 68.1 Å². The van der Waals surface area contributed by atoms with Crippen LogP contribution in [0.3, 0.4) is 0 Å². The summed E-state index contributed by atoms with van der Waals surface area (Å²) in [5.41, 5.74) is 1.39. The van der Waals surface area contributed by atoms with E-state index in [0.717, 1.165) is 49.1 Å². The smallest absolute Gasteiger partial charge is 0.235 e. The Morgan fingerprint density at radius 3 is 2.31 bits per heavy atom. The summed E-state index contributed by atoms with van der Waals surface area (Å²) in [6.07, 6.45) is 5.02. The molecule has 2 aromatic rings. The number of anilines is 1. The van der Waals surface area contributed by atoms with Crippen LogP contribution in [0.15, 0.2) is 48.5 Å². The molecule has 1 N–H and O–H groups in total. The first-order valence-electron chi connectivity index (χ1n) is 9.38. The molecule has 1 saturated carbocycles. The van der Waals surface area contributed by atoms with Crippen molar-refractivity contribution in [3.8, 4) is 5.75 Å². The summed E-state index contributed by atoms with van der Waals surface area (Å²) in [7, 11) is 0. The van der Waals surface area contributed by atoms with E-state index in [1.807, 2.05) is 55.5 Å². The maximum atomic E-state index is 13.2. The minimum absolute atomic E-state index is 0.0629. The molecule has 138 valence electrons. The summed E-state index contributed by atoms with van der Waals surface area (Å²) in [5, 5.41) is 3.80. The number of carbonyl (C=O) groups excluding carboxylic acids is 1. The zero-order valence-electron chi connectivity index (χ0n) is 15.4. The zero-order chi connectivity index (χ0) is 18.6. The number of ether oxygens (including phenoxy) is 1. The second kappa shape index (κ2) is 8.13. The second-order valence-electron chi connectivity index (χ2n) is 7.11. The van der Waals surface area contributed by atoms with E-state index in [2.05, 4.69) is 12.2 Å². The summed E-state index contributed by atoms with van der Waals surface area (Å²) in [5.74, 6) is 0.888. The normalized spacial score (nSPS) is 16.9. The maximum absolute atomic E-state index is 13.2. The average Bonchev–Trinajstić information content (AvgIpc) is 3.15. The van der Waals surface area contributed by atoms with Gasteiger partial charge in [0.2, 0.25) is 5.91 Å². The van der Waals surface area contributed by atoms with Crippen molar-refractivity contribution < 1.29 is 9.53 Å².